The second kappa shape index (κ2) is 10.5. The number of likely N-dealkylation sites (tertiary alicyclic amines) is 1. The van der Waals surface area contributed by atoms with E-state index in [0.29, 0.717) is 42.8 Å². The molecule has 4 amide bonds. The number of aryl methyl sites for hydroxylation is 1. The number of hydrogen-bond donors (Lipinski definition) is 2. The normalized spacial score (nSPS) is 17.2. The topological polar surface area (TPSA) is 99.6 Å². The maximum absolute atomic E-state index is 13.4. The fourth-order valence-corrected chi connectivity index (χ4v) is 5.01. The number of halogens is 1. The van der Waals surface area contributed by atoms with Gasteiger partial charge in [-0.1, -0.05) is 32.4 Å². The van der Waals surface area contributed by atoms with Crippen molar-refractivity contribution >= 4 is 35.3 Å². The highest BCUT2D eigenvalue weighted by molar-refractivity contribution is 6.30. The highest BCUT2D eigenvalue weighted by atomic mass is 35.5. The zero-order valence-corrected chi connectivity index (χ0v) is 22.1. The summed E-state index contributed by atoms with van der Waals surface area (Å²) in [5.41, 5.74) is 1.09. The van der Waals surface area contributed by atoms with Crippen LogP contribution in [0.1, 0.15) is 51.6 Å². The maximum Gasteiger partial charge on any atom is 0.330 e. The van der Waals surface area contributed by atoms with E-state index in [1.165, 1.54) is 0 Å². The van der Waals surface area contributed by atoms with Crippen molar-refractivity contribution in [3.8, 4) is 0 Å². The Morgan fingerprint density at radius 3 is 2.44 bits per heavy atom. The van der Waals surface area contributed by atoms with Crippen molar-refractivity contribution in [2.45, 2.75) is 59.5 Å². The van der Waals surface area contributed by atoms with Gasteiger partial charge in [0.25, 0.3) is 0 Å². The molecule has 2 aromatic rings. The quantitative estimate of drug-likeness (QED) is 0.593. The first-order chi connectivity index (χ1) is 17.0. The van der Waals surface area contributed by atoms with Gasteiger partial charge in [-0.25, -0.2) is 14.6 Å². The molecule has 2 aliphatic heterocycles. The molecule has 1 atom stereocenters. The lowest BCUT2D eigenvalue weighted by molar-refractivity contribution is -0.137. The number of imidazole rings is 1. The van der Waals surface area contributed by atoms with Crippen molar-refractivity contribution in [3.63, 3.8) is 0 Å². The maximum atomic E-state index is 13.4. The van der Waals surface area contributed by atoms with Gasteiger partial charge in [0.2, 0.25) is 5.91 Å². The molecular weight excluding hydrogens is 480 g/mol. The number of nitrogens with one attached hydrogen (secondary N) is 2. The summed E-state index contributed by atoms with van der Waals surface area (Å²) in [4.78, 5) is 46.7. The number of fused-ring (bicyclic) bond motifs is 1. The Morgan fingerprint density at radius 2 is 1.83 bits per heavy atom. The molecule has 36 heavy (non-hydrogen) atoms. The van der Waals surface area contributed by atoms with Crippen LogP contribution in [0.3, 0.4) is 0 Å². The molecule has 1 saturated heterocycles. The van der Waals surface area contributed by atoms with Crippen LogP contribution in [0, 0.1) is 18.3 Å². The molecule has 10 heteroatoms. The van der Waals surface area contributed by atoms with Crippen LogP contribution in [0.15, 0.2) is 30.5 Å². The van der Waals surface area contributed by atoms with Gasteiger partial charge in [0.15, 0.2) is 0 Å². The van der Waals surface area contributed by atoms with Crippen molar-refractivity contribution in [3.05, 3.63) is 47.0 Å². The molecule has 4 rings (SSSR count). The molecule has 9 nitrogen and oxygen atoms in total. The SMILES string of the molecule is Cc1ncc2n1C(=O)N(CCC1CCN(C(=O)[C@H](NC(=O)Nc3ccc(Cl)cc3)C(C)(C)C)CC1)C2. The molecule has 0 spiro atoms. The number of anilines is 1. The van der Waals surface area contributed by atoms with E-state index in [4.69, 9.17) is 11.6 Å². The van der Waals surface area contributed by atoms with Gasteiger partial charge in [-0.2, -0.15) is 0 Å². The molecule has 2 aliphatic rings. The number of benzene rings is 1. The lowest BCUT2D eigenvalue weighted by Crippen LogP contribution is -2.56. The van der Waals surface area contributed by atoms with Crippen LogP contribution in [0.4, 0.5) is 15.3 Å². The molecule has 1 aromatic carbocycles. The third-order valence-corrected chi connectivity index (χ3v) is 7.30. The zero-order chi connectivity index (χ0) is 26.0. The number of piperidine rings is 1. The van der Waals surface area contributed by atoms with Crippen molar-refractivity contribution in [2.24, 2.45) is 11.3 Å². The summed E-state index contributed by atoms with van der Waals surface area (Å²) in [5, 5.41) is 6.24. The summed E-state index contributed by atoms with van der Waals surface area (Å²) in [6.07, 6.45) is 4.45. The zero-order valence-electron chi connectivity index (χ0n) is 21.4. The first-order valence-electron chi connectivity index (χ1n) is 12.5. The average molecular weight is 515 g/mol. The van der Waals surface area contributed by atoms with Gasteiger partial charge >= 0.3 is 12.1 Å². The van der Waals surface area contributed by atoms with Crippen LogP contribution in [-0.2, 0) is 11.3 Å². The van der Waals surface area contributed by atoms with E-state index >= 15 is 0 Å². The van der Waals surface area contributed by atoms with Crippen LogP contribution >= 0.6 is 11.6 Å². The lowest BCUT2D eigenvalue weighted by Gasteiger charge is -2.38. The molecule has 0 aliphatic carbocycles. The second-order valence-corrected chi connectivity index (χ2v) is 11.2. The molecule has 3 heterocycles. The Balaban J connectivity index is 1.27. The number of amides is 4. The molecule has 0 radical (unpaired) electrons. The predicted molar refractivity (Wildman–Crippen MR) is 139 cm³/mol. The number of hydrogen-bond acceptors (Lipinski definition) is 4. The number of nitrogens with zero attached hydrogens (tertiary/aromatic N) is 4. The van der Waals surface area contributed by atoms with Crippen molar-refractivity contribution in [1.29, 1.82) is 0 Å². The predicted octanol–water partition coefficient (Wildman–Crippen LogP) is 4.49. The molecular formula is C26H35ClN6O3. The Labute approximate surface area is 217 Å². The van der Waals surface area contributed by atoms with Gasteiger partial charge in [-0.15, -0.1) is 0 Å². The third kappa shape index (κ3) is 5.83. The van der Waals surface area contributed by atoms with Crippen LogP contribution in [0.25, 0.3) is 0 Å². The summed E-state index contributed by atoms with van der Waals surface area (Å²) in [6, 6.07) is 5.75. The largest absolute Gasteiger partial charge is 0.341 e. The van der Waals surface area contributed by atoms with Gasteiger partial charge < -0.3 is 20.4 Å². The first kappa shape index (κ1) is 26.0. The van der Waals surface area contributed by atoms with E-state index in [1.807, 2.05) is 37.5 Å². The van der Waals surface area contributed by atoms with Crippen LogP contribution in [0.5, 0.6) is 0 Å². The van der Waals surface area contributed by atoms with E-state index in [2.05, 4.69) is 15.6 Å². The summed E-state index contributed by atoms with van der Waals surface area (Å²) >= 11 is 5.91. The van der Waals surface area contributed by atoms with E-state index in [0.717, 1.165) is 30.8 Å². The molecule has 1 aromatic heterocycles. The summed E-state index contributed by atoms with van der Waals surface area (Å²) < 4.78 is 1.68. The minimum absolute atomic E-state index is 0.00332. The van der Waals surface area contributed by atoms with Crippen molar-refractivity contribution in [1.82, 2.24) is 24.7 Å². The Kier molecular flexibility index (Phi) is 7.59. The molecule has 2 N–H and O–H groups in total. The Hall–Kier alpha value is -3.07. The second-order valence-electron chi connectivity index (χ2n) is 10.8. The fourth-order valence-electron chi connectivity index (χ4n) is 4.89. The highest BCUT2D eigenvalue weighted by Gasteiger charge is 2.37. The van der Waals surface area contributed by atoms with E-state index in [9.17, 15) is 14.4 Å². The van der Waals surface area contributed by atoms with E-state index in [1.54, 1.807) is 35.0 Å². The highest BCUT2D eigenvalue weighted by Crippen LogP contribution is 2.27. The summed E-state index contributed by atoms with van der Waals surface area (Å²) in [6.45, 7) is 10.3. The van der Waals surface area contributed by atoms with Crippen LogP contribution in [0.2, 0.25) is 5.02 Å². The monoisotopic (exact) mass is 514 g/mol. The summed E-state index contributed by atoms with van der Waals surface area (Å²) in [5.74, 6) is 1.12. The fraction of sp³-hybridized carbons (Fsp3) is 0.538. The molecule has 194 valence electrons. The molecule has 0 saturated carbocycles. The number of rotatable bonds is 6. The Bertz CT molecular complexity index is 1120. The lowest BCUT2D eigenvalue weighted by atomic mass is 9.85. The van der Waals surface area contributed by atoms with Gasteiger partial charge in [-0.3, -0.25) is 9.36 Å². The summed E-state index contributed by atoms with van der Waals surface area (Å²) in [7, 11) is 0. The minimum atomic E-state index is -0.657. The molecule has 0 bridgehead atoms. The number of carbonyl (C=O) groups excluding carboxylic acids is 3. The molecule has 1 fully saturated rings. The van der Waals surface area contributed by atoms with E-state index in [-0.39, 0.29) is 11.9 Å². The smallest absolute Gasteiger partial charge is 0.330 e. The van der Waals surface area contributed by atoms with E-state index < -0.39 is 17.5 Å². The van der Waals surface area contributed by atoms with Gasteiger partial charge in [0.1, 0.15) is 11.9 Å². The number of aromatic nitrogens is 2. The average Bonchev–Trinajstić information content (AvgIpc) is 3.35. The molecule has 0 unspecified atom stereocenters. The minimum Gasteiger partial charge on any atom is -0.341 e. The number of urea groups is 1. The van der Waals surface area contributed by atoms with Crippen LogP contribution in [-0.4, -0.2) is 63.0 Å². The van der Waals surface area contributed by atoms with Crippen molar-refractivity contribution in [2.75, 3.05) is 25.0 Å². The van der Waals surface area contributed by atoms with Gasteiger partial charge in [-0.05, 0) is 61.8 Å². The third-order valence-electron chi connectivity index (χ3n) is 7.05. The van der Waals surface area contributed by atoms with Crippen molar-refractivity contribution < 1.29 is 14.4 Å². The standard InChI is InChI=1S/C26H35ClN6O3/c1-17-28-15-21-16-32(25(36)33(17)21)14-11-18-9-12-31(13-10-18)23(34)22(26(2,3)4)30-24(35)29-20-7-5-19(27)6-8-20/h5-8,15,18,22H,9-14,16H2,1-4H3,(H2,29,30,35)/t22-/m0/s1. The van der Waals surface area contributed by atoms with Gasteiger partial charge in [0.05, 0.1) is 18.4 Å². The van der Waals surface area contributed by atoms with Crippen LogP contribution < -0.4 is 10.6 Å². The number of carbonyl (C=O) groups is 3. The first-order valence-corrected chi connectivity index (χ1v) is 12.8. The Morgan fingerprint density at radius 1 is 1.17 bits per heavy atom. The van der Waals surface area contributed by atoms with Gasteiger partial charge in [0, 0.05) is 30.3 Å².